The molecule has 0 radical (unpaired) electrons. The highest BCUT2D eigenvalue weighted by atomic mass is 32.4. The Morgan fingerprint density at radius 1 is 0.542 bits per heavy atom. The number of para-hydroxylation sites is 3. The van der Waals surface area contributed by atoms with Crippen LogP contribution in [0.2, 0.25) is 0 Å². The SMILES string of the molecule is CC1C=Cc2c(c3ccccc3n2P(=S)(c2ccccc2)c2ccc(-c3ccc(-c4ccc5c6ccc7ccccc7c6c6nc7ccccc7n6c5c4)cc3)cc2)C1. The zero-order chi connectivity index (χ0) is 39.2. The molecule has 0 aliphatic heterocycles. The van der Waals surface area contributed by atoms with Gasteiger partial charge in [-0.1, -0.05) is 183 Å². The molecule has 11 aromatic rings. The van der Waals surface area contributed by atoms with E-state index in [1.54, 1.807) is 0 Å². The van der Waals surface area contributed by atoms with Gasteiger partial charge < -0.3 is 4.34 Å². The predicted octanol–water partition coefficient (Wildman–Crippen LogP) is 13.3. The Hall–Kier alpha value is -6.58. The second-order valence-electron chi connectivity index (χ2n) is 16.0. The maximum atomic E-state index is 6.99. The van der Waals surface area contributed by atoms with Gasteiger partial charge in [0.15, 0.2) is 0 Å². The zero-order valence-corrected chi connectivity index (χ0v) is 34.2. The van der Waals surface area contributed by atoms with Gasteiger partial charge in [-0.2, -0.15) is 0 Å². The molecular formula is C54H38N3PS. The minimum atomic E-state index is -2.50. The number of fused-ring (bicyclic) bond motifs is 13. The van der Waals surface area contributed by atoms with Crippen LogP contribution < -0.4 is 10.6 Å². The standard InChI is InChI=1S/C54H38N3PS/c1-35-19-32-50-47(33-35)44-15-7-9-17-49(44)57(50)58(59,41-12-3-2-4-13-41)42-28-24-37(25-29-42)36-20-22-38(23-21-36)40-27-30-45-46-31-26-39-11-5-6-14-43(39)53(46)54-55-48-16-8-10-18-51(48)56(54)52(45)34-40/h2-32,34-35H,33H2,1H3. The number of hydrogen-bond donors (Lipinski definition) is 0. The van der Waals surface area contributed by atoms with E-state index in [1.165, 1.54) is 82.0 Å². The molecule has 0 spiro atoms. The first-order chi connectivity index (χ1) is 29.0. The lowest BCUT2D eigenvalue weighted by Gasteiger charge is -2.29. The van der Waals surface area contributed by atoms with Gasteiger partial charge in [0.25, 0.3) is 0 Å². The van der Waals surface area contributed by atoms with Gasteiger partial charge >= 0.3 is 0 Å². The summed E-state index contributed by atoms with van der Waals surface area (Å²) >= 11 is 6.99. The van der Waals surface area contributed by atoms with E-state index >= 15 is 0 Å². The smallest absolute Gasteiger partial charge is 0.147 e. The van der Waals surface area contributed by atoms with Crippen LogP contribution in [0.5, 0.6) is 0 Å². The van der Waals surface area contributed by atoms with E-state index in [9.17, 15) is 0 Å². The summed E-state index contributed by atoms with van der Waals surface area (Å²) in [5, 5.41) is 9.78. The molecule has 2 unspecified atom stereocenters. The van der Waals surface area contributed by atoms with Gasteiger partial charge in [-0.3, -0.25) is 4.40 Å². The maximum absolute atomic E-state index is 6.99. The van der Waals surface area contributed by atoms with Gasteiger partial charge in [0, 0.05) is 32.5 Å². The van der Waals surface area contributed by atoms with Crippen LogP contribution in [-0.2, 0) is 18.2 Å². The fourth-order valence-electron chi connectivity index (χ4n) is 9.66. The lowest BCUT2D eigenvalue weighted by molar-refractivity contribution is 0.719. The normalized spacial score (nSPS) is 15.1. The molecule has 5 heteroatoms. The van der Waals surface area contributed by atoms with E-state index < -0.39 is 6.19 Å². The van der Waals surface area contributed by atoms with Gasteiger partial charge in [-0.15, -0.1) is 0 Å². The number of benzene rings is 8. The van der Waals surface area contributed by atoms with E-state index in [0.717, 1.165) is 28.6 Å². The lowest BCUT2D eigenvalue weighted by Crippen LogP contribution is -2.22. The van der Waals surface area contributed by atoms with E-state index in [0.29, 0.717) is 5.92 Å². The van der Waals surface area contributed by atoms with Crippen LogP contribution in [0.15, 0.2) is 188 Å². The first-order valence-corrected chi connectivity index (χ1v) is 23.1. The van der Waals surface area contributed by atoms with E-state index in [1.807, 2.05) is 0 Å². The summed E-state index contributed by atoms with van der Waals surface area (Å²) in [7, 11) is 0. The predicted molar refractivity (Wildman–Crippen MR) is 255 cm³/mol. The third-order valence-corrected chi connectivity index (χ3v) is 17.2. The molecule has 8 aromatic carbocycles. The third-order valence-electron chi connectivity index (χ3n) is 12.5. The Kier molecular flexibility index (Phi) is 7.72. The number of pyridine rings is 1. The van der Waals surface area contributed by atoms with Crippen LogP contribution in [0.1, 0.15) is 18.2 Å². The highest BCUT2D eigenvalue weighted by Crippen LogP contribution is 2.52. The highest BCUT2D eigenvalue weighted by molar-refractivity contribution is 8.21. The summed E-state index contributed by atoms with van der Waals surface area (Å²) in [5.74, 6) is 0.498. The number of hydrogen-bond acceptors (Lipinski definition) is 2. The monoisotopic (exact) mass is 791 g/mol. The fraction of sp³-hybridized carbons (Fsp3) is 0.0556. The number of nitrogens with zero attached hydrogens (tertiary/aromatic N) is 3. The molecule has 0 fully saturated rings. The molecule has 2 atom stereocenters. The molecule has 3 heterocycles. The topological polar surface area (TPSA) is 22.2 Å². The van der Waals surface area contributed by atoms with Crippen molar-refractivity contribution in [3.8, 4) is 22.3 Å². The molecule has 1 aliphatic carbocycles. The quantitative estimate of drug-likeness (QED) is 0.128. The molecule has 12 rings (SSSR count). The van der Waals surface area contributed by atoms with Crippen molar-refractivity contribution >= 4 is 94.7 Å². The fourth-order valence-corrected chi connectivity index (χ4v) is 13.8. The number of aromatic nitrogens is 3. The van der Waals surface area contributed by atoms with E-state index in [4.69, 9.17) is 16.8 Å². The molecule has 0 amide bonds. The molecule has 3 nitrogen and oxygen atoms in total. The Bertz CT molecular complexity index is 3560. The largest absolute Gasteiger partial charge is 0.305 e. The minimum absolute atomic E-state index is 0.498. The minimum Gasteiger partial charge on any atom is -0.305 e. The highest BCUT2D eigenvalue weighted by Gasteiger charge is 2.31. The summed E-state index contributed by atoms with van der Waals surface area (Å²) in [6, 6.07) is 66.2. The van der Waals surface area contributed by atoms with Crippen LogP contribution >= 0.6 is 6.19 Å². The average Bonchev–Trinajstić information content (AvgIpc) is 3.85. The van der Waals surface area contributed by atoms with Crippen molar-refractivity contribution in [1.82, 2.24) is 13.7 Å². The summed E-state index contributed by atoms with van der Waals surface area (Å²) in [5.41, 5.74) is 12.9. The molecule has 59 heavy (non-hydrogen) atoms. The summed E-state index contributed by atoms with van der Waals surface area (Å²) in [4.78, 5) is 5.23. The summed E-state index contributed by atoms with van der Waals surface area (Å²) in [6.45, 7) is 2.30. The van der Waals surface area contributed by atoms with Crippen molar-refractivity contribution in [1.29, 1.82) is 0 Å². The molecule has 3 aromatic heterocycles. The van der Waals surface area contributed by atoms with Crippen LogP contribution in [0.25, 0.3) is 88.4 Å². The van der Waals surface area contributed by atoms with Gasteiger partial charge in [0.05, 0.1) is 28.3 Å². The van der Waals surface area contributed by atoms with Crippen LogP contribution in [0.4, 0.5) is 0 Å². The van der Waals surface area contributed by atoms with E-state index in [2.05, 4.69) is 210 Å². The van der Waals surface area contributed by atoms with Gasteiger partial charge in [0.2, 0.25) is 0 Å². The lowest BCUT2D eigenvalue weighted by atomic mass is 9.93. The Morgan fingerprint density at radius 2 is 1.15 bits per heavy atom. The number of imidazole rings is 1. The first-order valence-electron chi connectivity index (χ1n) is 20.4. The second-order valence-corrected chi connectivity index (χ2v) is 20.1. The van der Waals surface area contributed by atoms with Crippen molar-refractivity contribution in [3.63, 3.8) is 0 Å². The van der Waals surface area contributed by atoms with Crippen LogP contribution in [0.3, 0.4) is 0 Å². The Morgan fingerprint density at radius 3 is 1.95 bits per heavy atom. The number of allylic oxidation sites excluding steroid dienone is 1. The Labute approximate surface area is 347 Å². The molecule has 0 N–H and O–H groups in total. The van der Waals surface area contributed by atoms with Crippen LogP contribution in [-0.4, -0.2) is 13.7 Å². The van der Waals surface area contributed by atoms with Gasteiger partial charge in [0.1, 0.15) is 5.65 Å². The van der Waals surface area contributed by atoms with E-state index in [-0.39, 0.29) is 0 Å². The molecular weight excluding hydrogens is 754 g/mol. The van der Waals surface area contributed by atoms with Crippen molar-refractivity contribution in [2.75, 3.05) is 0 Å². The zero-order valence-electron chi connectivity index (χ0n) is 32.5. The van der Waals surface area contributed by atoms with Crippen molar-refractivity contribution < 1.29 is 0 Å². The molecule has 0 saturated heterocycles. The molecule has 280 valence electrons. The van der Waals surface area contributed by atoms with Crippen molar-refractivity contribution in [2.24, 2.45) is 5.92 Å². The molecule has 1 aliphatic rings. The first kappa shape index (κ1) is 34.5. The van der Waals surface area contributed by atoms with Gasteiger partial charge in [-0.05, 0) is 86.7 Å². The van der Waals surface area contributed by atoms with Crippen LogP contribution in [0, 0.1) is 5.92 Å². The molecule has 0 saturated carbocycles. The number of rotatable bonds is 5. The maximum Gasteiger partial charge on any atom is 0.147 e. The Balaban J connectivity index is 0.951. The summed E-state index contributed by atoms with van der Waals surface area (Å²) < 4.78 is 4.88. The van der Waals surface area contributed by atoms with Crippen molar-refractivity contribution in [2.45, 2.75) is 13.3 Å². The summed E-state index contributed by atoms with van der Waals surface area (Å²) in [6.07, 6.45) is 3.19. The average molecular weight is 792 g/mol. The molecule has 0 bridgehead atoms. The third kappa shape index (κ3) is 5.20. The van der Waals surface area contributed by atoms with Crippen molar-refractivity contribution in [3.05, 3.63) is 199 Å². The second kappa shape index (κ2) is 13.2. The van der Waals surface area contributed by atoms with Gasteiger partial charge in [-0.25, -0.2) is 4.98 Å².